The molecule has 1 N–H and O–H groups in total. The highest BCUT2D eigenvalue weighted by atomic mass is 28.3. The second-order valence-corrected chi connectivity index (χ2v) is 15.2. The van der Waals surface area contributed by atoms with Crippen LogP contribution in [0.2, 0.25) is 0 Å². The number of aliphatic imine (C=N–C) groups is 2. The zero-order valence-electron chi connectivity index (χ0n) is 62.4. The number of nitrogens with zero attached hydrogens (tertiary/aromatic N) is 4. The number of para-hydroxylation sites is 4. The van der Waals surface area contributed by atoms with E-state index in [1.54, 1.807) is 0 Å². The highest BCUT2D eigenvalue weighted by Crippen LogP contribution is 2.30. The average molecular weight is 782 g/mol. The van der Waals surface area contributed by atoms with Gasteiger partial charge < -0.3 is 0 Å². The molecule has 0 amide bonds. The first kappa shape index (κ1) is 13.7. The largest absolute Gasteiger partial charge is 0.300 e. The normalized spacial score (nSPS) is 20.7. The number of hydrogen-bond acceptors (Lipinski definition) is 1. The molecule has 5 nitrogen and oxygen atoms in total. The Hall–Kier alpha value is -7.41. The van der Waals surface area contributed by atoms with Crippen LogP contribution in [0, 0.1) is 5.41 Å². The van der Waals surface area contributed by atoms with Crippen molar-refractivity contribution in [2.24, 2.45) is 9.98 Å². The lowest BCUT2D eigenvalue weighted by molar-refractivity contribution is 1.21. The van der Waals surface area contributed by atoms with Crippen molar-refractivity contribution in [3.63, 3.8) is 0 Å². The van der Waals surface area contributed by atoms with Gasteiger partial charge in [0.05, 0.1) is 68.7 Å². The van der Waals surface area contributed by atoms with Crippen LogP contribution in [-0.4, -0.2) is 35.3 Å². The van der Waals surface area contributed by atoms with E-state index in [1.807, 2.05) is 0 Å². The van der Waals surface area contributed by atoms with E-state index in [9.17, 15) is 20.5 Å². The van der Waals surface area contributed by atoms with Crippen molar-refractivity contribution >= 4 is 90.6 Å². The Morgan fingerprint density at radius 2 is 0.912 bits per heavy atom. The maximum atomic E-state index is 10.2. The van der Waals surface area contributed by atoms with Gasteiger partial charge in [0.2, 0.25) is 5.96 Å². The number of nitrogens with one attached hydrogen (secondary N) is 1. The number of hydrogen-bond donors (Lipinski definition) is 1. The molecule has 0 aliphatic heterocycles. The summed E-state index contributed by atoms with van der Waals surface area (Å²) < 4.78 is 308. The minimum atomic E-state index is -6.32. The lowest BCUT2D eigenvalue weighted by Gasteiger charge is -2.34. The summed E-state index contributed by atoms with van der Waals surface area (Å²) in [5.41, 5.74) is -4.10. The summed E-state index contributed by atoms with van der Waals surface area (Å²) in [6.07, 6.45) is 0.585. The number of fused-ring (bicyclic) bond motifs is 6. The van der Waals surface area contributed by atoms with Gasteiger partial charge in [-0.1, -0.05) is 187 Å². The van der Waals surface area contributed by atoms with Gasteiger partial charge in [-0.15, -0.1) is 0 Å². The topological polar surface area (TPSA) is 58.4 Å². The van der Waals surface area contributed by atoms with Gasteiger partial charge in [0.1, 0.15) is 6.34 Å². The molecule has 0 atom stereocenters. The van der Waals surface area contributed by atoms with E-state index >= 15 is 0 Å². The fourth-order valence-electron chi connectivity index (χ4n) is 6.37. The highest BCUT2D eigenvalue weighted by Gasteiger charge is 2.41. The number of amidine groups is 1. The third-order valence-corrected chi connectivity index (χ3v) is 12.8. The van der Waals surface area contributed by atoms with Crippen molar-refractivity contribution in [2.45, 2.75) is 0 Å². The summed E-state index contributed by atoms with van der Waals surface area (Å²) in [6, 6.07) is -36.3. The SMILES string of the molecule is [2H]c1cc([Si](c2c([2H])c([2H])c([2H])c([2H])c2[2H])(c2c([2H])c([2H])c([2H])c([2H])c2[2H])c2c([2H])c([2H])c([2H])c(C(=N)N=C(N=Cn3c4c([2H])c([2H])c([2H])c([2H])c4c4c([2H])c([2H])c([2H])c([2H])c43)n3c4c([2H])c([2H])c([2H])c([2H])c4c4c([2H])c([2H])c([2H])c([2H])c43)c2[2H])c([2H])c([2H])c1[2H]. The van der Waals surface area contributed by atoms with Crippen LogP contribution in [0.3, 0.4) is 0 Å². The third kappa shape index (κ3) is 5.74. The molecule has 270 valence electrons. The zero-order valence-corrected chi connectivity index (χ0v) is 29.4. The van der Waals surface area contributed by atoms with Crippen LogP contribution in [0.4, 0.5) is 0 Å². The second kappa shape index (κ2) is 14.3. The molecule has 0 bridgehead atoms. The Kier molecular flexibility index (Phi) is 3.44. The van der Waals surface area contributed by atoms with Crippen LogP contribution in [0.5, 0.6) is 0 Å². The Morgan fingerprint density at radius 3 is 1.47 bits per heavy atom. The molecule has 0 saturated heterocycles. The molecule has 10 aromatic rings. The quantitative estimate of drug-likeness (QED) is 0.0758. The number of benzene rings is 8. The Labute approximate surface area is 379 Å². The van der Waals surface area contributed by atoms with E-state index in [4.69, 9.17) is 31.5 Å². The summed E-state index contributed by atoms with van der Waals surface area (Å²) >= 11 is 0. The first-order chi connectivity index (χ1) is 42.3. The van der Waals surface area contributed by atoms with Gasteiger partial charge in [-0.3, -0.25) is 14.5 Å². The minimum Gasteiger partial charge on any atom is -0.300 e. The van der Waals surface area contributed by atoms with Gasteiger partial charge in [0.25, 0.3) is 0 Å². The van der Waals surface area contributed by atoms with Crippen molar-refractivity contribution in [1.82, 2.24) is 9.13 Å². The van der Waals surface area contributed by atoms with Gasteiger partial charge >= 0.3 is 0 Å². The van der Waals surface area contributed by atoms with E-state index in [0.717, 1.165) is 4.57 Å². The van der Waals surface area contributed by atoms with Gasteiger partial charge in [-0.05, 0) is 44.9 Å². The van der Waals surface area contributed by atoms with E-state index < -0.39 is 295 Å². The molecule has 0 saturated carbocycles. The molecule has 0 aliphatic rings. The van der Waals surface area contributed by atoms with Crippen molar-refractivity contribution < 1.29 is 46.6 Å². The molecule has 0 unspecified atom stereocenters. The van der Waals surface area contributed by atoms with E-state index in [-0.39, 0.29) is 0 Å². The first-order valence-electron chi connectivity index (χ1n) is 33.4. The standard InChI is InChI=1S/C51H37N5Si/c52-50(37-19-18-26-41(35-37)57(38-20-4-1-5-21-38,39-22-6-2-7-23-39)40-24-8-3-9-25-40)54-51(56-48-33-16-12-29-44(48)45-30-13-17-34-49(45)56)53-36-55-46-31-14-10-27-42(46)43-28-11-15-32-47(43)55/h1-36,52H/i1D,2D,3D,4D,5D,6D,7D,8D,9D,10D,11D,12D,13D,14D,15D,16D,17D,18D,19D,20D,21D,22D,23D,24D,26D,27D,28D,29D,30D,31D,32D,33D,34D,35D. The van der Waals surface area contributed by atoms with E-state index in [1.165, 1.54) is 0 Å². The molecular formula is C51H37N5Si. The Bertz CT molecular complexity index is 4870. The molecule has 0 radical (unpaired) electrons. The summed E-state index contributed by atoms with van der Waals surface area (Å²) in [6.45, 7) is 0. The molecule has 2 aromatic heterocycles. The average Bonchev–Trinajstić information content (AvgIpc) is 1.28. The lowest BCUT2D eigenvalue weighted by Crippen LogP contribution is -2.74. The lowest BCUT2D eigenvalue weighted by atomic mass is 10.2. The van der Waals surface area contributed by atoms with Crippen molar-refractivity contribution in [2.75, 3.05) is 0 Å². The van der Waals surface area contributed by atoms with Crippen LogP contribution < -0.4 is 20.7 Å². The van der Waals surface area contributed by atoms with Gasteiger partial charge in [-0.2, -0.15) is 4.99 Å². The van der Waals surface area contributed by atoms with Crippen molar-refractivity contribution in [3.8, 4) is 0 Å². The summed E-state index contributed by atoms with van der Waals surface area (Å²) in [4.78, 5) is 8.73. The molecule has 2 heterocycles. The maximum absolute atomic E-state index is 10.2. The zero-order chi connectivity index (χ0) is 67.8. The van der Waals surface area contributed by atoms with Crippen LogP contribution in [0.15, 0.2) is 221 Å². The maximum Gasteiger partial charge on any atom is 0.238 e. The Morgan fingerprint density at radius 1 is 0.474 bits per heavy atom. The summed E-state index contributed by atoms with van der Waals surface area (Å²) in [5, 5.41) is 3.14. The number of aromatic nitrogens is 2. The summed E-state index contributed by atoms with van der Waals surface area (Å²) in [7, 11) is -6.32. The van der Waals surface area contributed by atoms with E-state index in [2.05, 4.69) is 9.98 Å². The number of rotatable bonds is 6. The molecule has 0 fully saturated rings. The monoisotopic (exact) mass is 781 g/mol. The first-order valence-corrected chi connectivity index (χ1v) is 18.4. The minimum absolute atomic E-state index is 0.511. The summed E-state index contributed by atoms with van der Waals surface area (Å²) in [5.74, 6) is -2.78. The fraction of sp³-hybridized carbons (Fsp3) is 0. The predicted octanol–water partition coefficient (Wildman–Crippen LogP) is 9.09. The van der Waals surface area contributed by atoms with Crippen LogP contribution in [0.1, 0.15) is 52.2 Å². The molecule has 8 aromatic carbocycles. The van der Waals surface area contributed by atoms with Crippen molar-refractivity contribution in [1.29, 1.82) is 5.41 Å². The highest BCUT2D eigenvalue weighted by molar-refractivity contribution is 7.19. The third-order valence-electron chi connectivity index (χ3n) is 8.74. The van der Waals surface area contributed by atoms with Crippen LogP contribution in [0.25, 0.3) is 43.6 Å². The molecule has 0 spiro atoms. The molecule has 57 heavy (non-hydrogen) atoms. The smallest absolute Gasteiger partial charge is 0.238 e. The van der Waals surface area contributed by atoms with E-state index in [0.29, 0.717) is 17.0 Å². The predicted molar refractivity (Wildman–Crippen MR) is 242 cm³/mol. The molecule has 6 heteroatoms. The van der Waals surface area contributed by atoms with Gasteiger partial charge in [0, 0.05) is 27.1 Å². The molecule has 0 aliphatic carbocycles. The Balaban J connectivity index is 1.47. The second-order valence-electron chi connectivity index (χ2n) is 11.7. The van der Waals surface area contributed by atoms with Crippen LogP contribution in [-0.2, 0) is 0 Å². The van der Waals surface area contributed by atoms with Gasteiger partial charge in [0.15, 0.2) is 13.9 Å². The van der Waals surface area contributed by atoms with Crippen LogP contribution >= 0.6 is 0 Å². The fourth-order valence-corrected chi connectivity index (χ4v) is 10.0. The molecule has 10 rings (SSSR count). The molecular weight excluding hydrogens is 711 g/mol. The van der Waals surface area contributed by atoms with Gasteiger partial charge in [-0.25, -0.2) is 4.99 Å². The van der Waals surface area contributed by atoms with Crippen molar-refractivity contribution in [3.05, 3.63) is 217 Å².